The first-order chi connectivity index (χ1) is 6.74. The summed E-state index contributed by atoms with van der Waals surface area (Å²) in [5.74, 6) is 1.61. The van der Waals surface area contributed by atoms with E-state index in [0.717, 1.165) is 11.6 Å². The van der Waals surface area contributed by atoms with Crippen LogP contribution < -0.4 is 5.32 Å². The zero-order valence-electron chi connectivity index (χ0n) is 7.70. The van der Waals surface area contributed by atoms with E-state index < -0.39 is 0 Å². The number of hydrogen-bond donors (Lipinski definition) is 1. The number of halogens is 1. The minimum absolute atomic E-state index is 0.405. The first-order valence-corrected chi connectivity index (χ1v) is 4.59. The highest BCUT2D eigenvalue weighted by atomic mass is 35.5. The third-order valence-corrected chi connectivity index (χ3v) is 1.99. The zero-order valence-corrected chi connectivity index (χ0v) is 8.45. The summed E-state index contributed by atoms with van der Waals surface area (Å²) < 4.78 is 6.91. The molecule has 5 heteroatoms. The number of aryl methyl sites for hydroxylation is 1. The molecule has 0 fully saturated rings. The third-order valence-electron chi connectivity index (χ3n) is 1.79. The van der Waals surface area contributed by atoms with Crippen LogP contribution in [0.4, 0.5) is 5.82 Å². The summed E-state index contributed by atoms with van der Waals surface area (Å²) in [6, 6.07) is 5.44. The van der Waals surface area contributed by atoms with Crippen LogP contribution in [0.15, 0.2) is 28.8 Å². The fourth-order valence-corrected chi connectivity index (χ4v) is 1.30. The molecule has 1 N–H and O–H groups in total. The highest BCUT2D eigenvalue weighted by Crippen LogP contribution is 2.14. The third kappa shape index (κ3) is 2.09. The van der Waals surface area contributed by atoms with Gasteiger partial charge in [0.05, 0.1) is 6.54 Å². The van der Waals surface area contributed by atoms with E-state index in [4.69, 9.17) is 16.0 Å². The Bertz CT molecular complexity index is 381. The second-order valence-corrected chi connectivity index (χ2v) is 3.31. The highest BCUT2D eigenvalue weighted by molar-refractivity contribution is 6.28. The van der Waals surface area contributed by atoms with Crippen molar-refractivity contribution in [2.75, 3.05) is 5.32 Å². The van der Waals surface area contributed by atoms with E-state index in [-0.39, 0.29) is 0 Å². The van der Waals surface area contributed by atoms with Gasteiger partial charge in [-0.25, -0.2) is 0 Å². The molecule has 0 radical (unpaired) electrons. The quantitative estimate of drug-likeness (QED) is 0.847. The molecule has 2 aromatic heterocycles. The maximum absolute atomic E-state index is 5.63. The van der Waals surface area contributed by atoms with E-state index in [1.54, 1.807) is 10.7 Å². The smallest absolute Gasteiger partial charge is 0.193 e. The van der Waals surface area contributed by atoms with Crippen LogP contribution in [0.5, 0.6) is 0 Å². The van der Waals surface area contributed by atoms with Gasteiger partial charge < -0.3 is 9.73 Å². The van der Waals surface area contributed by atoms with Crippen LogP contribution in [0.25, 0.3) is 0 Å². The lowest BCUT2D eigenvalue weighted by Crippen LogP contribution is -1.99. The molecule has 2 aromatic rings. The van der Waals surface area contributed by atoms with Gasteiger partial charge in [0.1, 0.15) is 11.6 Å². The zero-order chi connectivity index (χ0) is 9.97. The Kier molecular flexibility index (Phi) is 2.45. The lowest BCUT2D eigenvalue weighted by Gasteiger charge is -1.98. The molecular formula is C9H10ClN3O. The van der Waals surface area contributed by atoms with Gasteiger partial charge in [-0.15, -0.1) is 0 Å². The normalized spacial score (nSPS) is 10.4. The molecule has 2 rings (SSSR count). The van der Waals surface area contributed by atoms with Crippen molar-refractivity contribution in [2.45, 2.75) is 6.54 Å². The first kappa shape index (κ1) is 9.15. The molecule has 0 saturated carbocycles. The van der Waals surface area contributed by atoms with Crippen LogP contribution in [-0.4, -0.2) is 9.78 Å². The fourth-order valence-electron chi connectivity index (χ4n) is 1.13. The van der Waals surface area contributed by atoms with Gasteiger partial charge in [0.25, 0.3) is 0 Å². The van der Waals surface area contributed by atoms with Gasteiger partial charge in [0, 0.05) is 19.3 Å². The number of nitrogens with zero attached hydrogens (tertiary/aromatic N) is 2. The number of anilines is 1. The minimum Gasteiger partial charge on any atom is -0.448 e. The molecule has 14 heavy (non-hydrogen) atoms. The van der Waals surface area contributed by atoms with E-state index in [1.807, 2.05) is 25.4 Å². The maximum atomic E-state index is 5.63. The predicted molar refractivity (Wildman–Crippen MR) is 54.3 cm³/mol. The van der Waals surface area contributed by atoms with Crippen LogP contribution in [0.2, 0.25) is 5.22 Å². The van der Waals surface area contributed by atoms with Crippen molar-refractivity contribution in [1.29, 1.82) is 0 Å². The van der Waals surface area contributed by atoms with Crippen LogP contribution in [-0.2, 0) is 13.6 Å². The van der Waals surface area contributed by atoms with E-state index in [9.17, 15) is 0 Å². The van der Waals surface area contributed by atoms with E-state index in [2.05, 4.69) is 10.4 Å². The average molecular weight is 212 g/mol. The van der Waals surface area contributed by atoms with Crippen molar-refractivity contribution in [1.82, 2.24) is 9.78 Å². The Morgan fingerprint density at radius 3 is 2.93 bits per heavy atom. The van der Waals surface area contributed by atoms with Crippen molar-refractivity contribution in [3.63, 3.8) is 0 Å². The van der Waals surface area contributed by atoms with Crippen LogP contribution in [0.1, 0.15) is 5.76 Å². The summed E-state index contributed by atoms with van der Waals surface area (Å²) in [5.41, 5.74) is 0. The van der Waals surface area contributed by atoms with Gasteiger partial charge >= 0.3 is 0 Å². The summed E-state index contributed by atoms with van der Waals surface area (Å²) in [7, 11) is 1.87. The van der Waals surface area contributed by atoms with Crippen LogP contribution in [0.3, 0.4) is 0 Å². The van der Waals surface area contributed by atoms with Crippen molar-refractivity contribution >= 4 is 17.4 Å². The number of aromatic nitrogens is 2. The van der Waals surface area contributed by atoms with Crippen LogP contribution >= 0.6 is 11.6 Å². The molecule has 0 spiro atoms. The summed E-state index contributed by atoms with van der Waals surface area (Å²) in [5, 5.41) is 7.68. The lowest BCUT2D eigenvalue weighted by molar-refractivity contribution is 0.519. The molecule has 0 amide bonds. The fraction of sp³-hybridized carbons (Fsp3) is 0.222. The molecule has 0 unspecified atom stereocenters. The van der Waals surface area contributed by atoms with Gasteiger partial charge in [0.2, 0.25) is 0 Å². The molecule has 0 aliphatic rings. The Balaban J connectivity index is 1.94. The molecule has 4 nitrogen and oxygen atoms in total. The van der Waals surface area contributed by atoms with Crippen molar-refractivity contribution in [2.24, 2.45) is 7.05 Å². The summed E-state index contributed by atoms with van der Waals surface area (Å²) in [6.07, 6.45) is 1.87. The summed E-state index contributed by atoms with van der Waals surface area (Å²) in [6.45, 7) is 0.587. The first-order valence-electron chi connectivity index (χ1n) is 4.22. The molecule has 0 saturated heterocycles. The molecule has 2 heterocycles. The second kappa shape index (κ2) is 3.75. The van der Waals surface area contributed by atoms with Gasteiger partial charge in [-0.1, -0.05) is 0 Å². The van der Waals surface area contributed by atoms with Gasteiger partial charge in [0.15, 0.2) is 5.22 Å². The van der Waals surface area contributed by atoms with E-state index >= 15 is 0 Å². The number of hydrogen-bond acceptors (Lipinski definition) is 3. The molecule has 0 atom stereocenters. The molecule has 0 aliphatic heterocycles. The predicted octanol–water partition coefficient (Wildman–Crippen LogP) is 2.28. The van der Waals surface area contributed by atoms with Crippen LogP contribution in [0, 0.1) is 0 Å². The number of nitrogens with one attached hydrogen (secondary N) is 1. The van der Waals surface area contributed by atoms with E-state index in [0.29, 0.717) is 11.8 Å². The summed E-state index contributed by atoms with van der Waals surface area (Å²) >= 11 is 5.63. The van der Waals surface area contributed by atoms with Gasteiger partial charge in [-0.05, 0) is 23.7 Å². The molecule has 0 aliphatic carbocycles. The molecule has 0 aromatic carbocycles. The molecule has 74 valence electrons. The Morgan fingerprint density at radius 1 is 1.50 bits per heavy atom. The molecule has 0 bridgehead atoms. The van der Waals surface area contributed by atoms with Crippen molar-refractivity contribution in [3.05, 3.63) is 35.4 Å². The summed E-state index contributed by atoms with van der Waals surface area (Å²) in [4.78, 5) is 0. The molecular weight excluding hydrogens is 202 g/mol. The SMILES string of the molecule is Cn1ccc(NCc2ccc(Cl)o2)n1. The van der Waals surface area contributed by atoms with Gasteiger partial charge in [-0.3, -0.25) is 4.68 Å². The largest absolute Gasteiger partial charge is 0.448 e. The van der Waals surface area contributed by atoms with E-state index in [1.165, 1.54) is 0 Å². The Labute approximate surface area is 86.5 Å². The van der Waals surface area contributed by atoms with Crippen molar-refractivity contribution < 1.29 is 4.42 Å². The average Bonchev–Trinajstić information content (AvgIpc) is 2.72. The number of rotatable bonds is 3. The topological polar surface area (TPSA) is 43.0 Å². The maximum Gasteiger partial charge on any atom is 0.193 e. The number of furan rings is 1. The monoisotopic (exact) mass is 211 g/mol. The second-order valence-electron chi connectivity index (χ2n) is 2.93. The Hall–Kier alpha value is -1.42. The lowest BCUT2D eigenvalue weighted by atomic mass is 10.4. The standard InChI is InChI=1S/C9H10ClN3O/c1-13-5-4-9(12-13)11-6-7-2-3-8(10)14-7/h2-5H,6H2,1H3,(H,11,12). The van der Waals surface area contributed by atoms with Crippen molar-refractivity contribution in [3.8, 4) is 0 Å². The Morgan fingerprint density at radius 2 is 2.36 bits per heavy atom. The highest BCUT2D eigenvalue weighted by Gasteiger charge is 2.00. The van der Waals surface area contributed by atoms with Gasteiger partial charge in [-0.2, -0.15) is 5.10 Å². The minimum atomic E-state index is 0.405.